The van der Waals surface area contributed by atoms with Crippen LogP contribution in [0.25, 0.3) is 0 Å². The highest BCUT2D eigenvalue weighted by molar-refractivity contribution is 7.99. The molecule has 1 rings (SSSR count). The molecular formula is C11H12FNS. The fourth-order valence-electron chi connectivity index (χ4n) is 1.05. The van der Waals surface area contributed by atoms with Gasteiger partial charge in [0.25, 0.3) is 0 Å². The highest BCUT2D eigenvalue weighted by Gasteiger charge is 1.99. The van der Waals surface area contributed by atoms with Crippen molar-refractivity contribution in [3.63, 3.8) is 0 Å². The molecule has 0 aromatic heterocycles. The van der Waals surface area contributed by atoms with Gasteiger partial charge in [-0.1, -0.05) is 12.1 Å². The standard InChI is InChI=1S/C11H12FNS/c12-10-6-2-3-7-11(10)14-9-5-1-4-8-13/h2-3,6-7H,1,4-5,9H2. The Morgan fingerprint density at radius 1 is 1.29 bits per heavy atom. The van der Waals surface area contributed by atoms with Crippen LogP contribution in [0.1, 0.15) is 19.3 Å². The zero-order valence-electron chi connectivity index (χ0n) is 7.87. The van der Waals surface area contributed by atoms with E-state index in [0.29, 0.717) is 11.3 Å². The van der Waals surface area contributed by atoms with Gasteiger partial charge >= 0.3 is 0 Å². The van der Waals surface area contributed by atoms with Crippen molar-refractivity contribution in [2.75, 3.05) is 5.75 Å². The molecule has 0 unspecified atom stereocenters. The van der Waals surface area contributed by atoms with Gasteiger partial charge in [-0.2, -0.15) is 5.26 Å². The third-order valence-electron chi connectivity index (χ3n) is 1.78. The molecular weight excluding hydrogens is 197 g/mol. The molecule has 1 aromatic rings. The molecule has 0 heterocycles. The highest BCUT2D eigenvalue weighted by Crippen LogP contribution is 2.22. The summed E-state index contributed by atoms with van der Waals surface area (Å²) in [5.41, 5.74) is 0. The Labute approximate surface area is 87.9 Å². The van der Waals surface area contributed by atoms with E-state index in [1.54, 1.807) is 12.1 Å². The Morgan fingerprint density at radius 2 is 2.07 bits per heavy atom. The van der Waals surface area contributed by atoms with Gasteiger partial charge in [0.15, 0.2) is 0 Å². The minimum Gasteiger partial charge on any atom is -0.206 e. The molecule has 0 aliphatic heterocycles. The van der Waals surface area contributed by atoms with E-state index in [9.17, 15) is 4.39 Å². The molecule has 0 aliphatic rings. The lowest BCUT2D eigenvalue weighted by Gasteiger charge is -2.01. The first-order chi connectivity index (χ1) is 6.84. The van der Waals surface area contributed by atoms with Crippen molar-refractivity contribution in [1.29, 1.82) is 5.26 Å². The first-order valence-corrected chi connectivity index (χ1v) is 5.57. The number of unbranched alkanes of at least 4 members (excludes halogenated alkanes) is 2. The maximum Gasteiger partial charge on any atom is 0.136 e. The van der Waals surface area contributed by atoms with Gasteiger partial charge in [-0.15, -0.1) is 11.8 Å². The summed E-state index contributed by atoms with van der Waals surface area (Å²) < 4.78 is 13.1. The molecule has 3 heteroatoms. The van der Waals surface area contributed by atoms with Crippen LogP contribution in [0.2, 0.25) is 0 Å². The van der Waals surface area contributed by atoms with Gasteiger partial charge in [-0.25, -0.2) is 4.39 Å². The summed E-state index contributed by atoms with van der Waals surface area (Å²) in [5, 5.41) is 8.31. The second-order valence-electron chi connectivity index (χ2n) is 2.89. The van der Waals surface area contributed by atoms with Crippen molar-refractivity contribution in [3.05, 3.63) is 30.1 Å². The lowest BCUT2D eigenvalue weighted by Crippen LogP contribution is -1.83. The van der Waals surface area contributed by atoms with Gasteiger partial charge in [0.1, 0.15) is 5.82 Å². The molecule has 0 saturated heterocycles. The molecule has 0 radical (unpaired) electrons. The molecule has 0 aliphatic carbocycles. The van der Waals surface area contributed by atoms with Crippen LogP contribution in [0.5, 0.6) is 0 Å². The third kappa shape index (κ3) is 3.80. The van der Waals surface area contributed by atoms with Crippen LogP contribution < -0.4 is 0 Å². The minimum atomic E-state index is -0.155. The zero-order chi connectivity index (χ0) is 10.2. The lowest BCUT2D eigenvalue weighted by atomic mass is 10.3. The van der Waals surface area contributed by atoms with E-state index in [1.165, 1.54) is 17.8 Å². The molecule has 0 spiro atoms. The van der Waals surface area contributed by atoms with Crippen molar-refractivity contribution >= 4 is 11.8 Å². The average Bonchev–Trinajstić information content (AvgIpc) is 2.20. The number of benzene rings is 1. The number of hydrogen-bond acceptors (Lipinski definition) is 2. The second kappa shape index (κ2) is 6.44. The number of nitrogens with zero attached hydrogens (tertiary/aromatic N) is 1. The first-order valence-electron chi connectivity index (χ1n) is 4.59. The van der Waals surface area contributed by atoms with E-state index in [2.05, 4.69) is 6.07 Å². The lowest BCUT2D eigenvalue weighted by molar-refractivity contribution is 0.602. The van der Waals surface area contributed by atoms with Crippen LogP contribution in [-0.2, 0) is 0 Å². The molecule has 0 fully saturated rings. The maximum atomic E-state index is 13.1. The van der Waals surface area contributed by atoms with Crippen molar-refractivity contribution in [3.8, 4) is 6.07 Å². The van der Waals surface area contributed by atoms with Crippen LogP contribution in [-0.4, -0.2) is 5.75 Å². The summed E-state index contributed by atoms with van der Waals surface area (Å²) in [6, 6.07) is 8.87. The quantitative estimate of drug-likeness (QED) is 0.546. The molecule has 0 atom stereocenters. The highest BCUT2D eigenvalue weighted by atomic mass is 32.2. The maximum absolute atomic E-state index is 13.1. The van der Waals surface area contributed by atoms with Gasteiger partial charge in [-0.05, 0) is 30.7 Å². The normalized spacial score (nSPS) is 9.71. The monoisotopic (exact) mass is 209 g/mol. The van der Waals surface area contributed by atoms with Gasteiger partial charge in [-0.3, -0.25) is 0 Å². The minimum absolute atomic E-state index is 0.155. The molecule has 74 valence electrons. The number of hydrogen-bond donors (Lipinski definition) is 0. The molecule has 0 N–H and O–H groups in total. The Hall–Kier alpha value is -1.01. The number of rotatable bonds is 5. The third-order valence-corrected chi connectivity index (χ3v) is 2.91. The Morgan fingerprint density at radius 3 is 2.79 bits per heavy atom. The van der Waals surface area contributed by atoms with Crippen LogP contribution in [0.4, 0.5) is 4.39 Å². The Bertz CT molecular complexity index is 319. The van der Waals surface area contributed by atoms with E-state index in [-0.39, 0.29) is 5.82 Å². The largest absolute Gasteiger partial charge is 0.206 e. The van der Waals surface area contributed by atoms with E-state index >= 15 is 0 Å². The first kappa shape index (κ1) is 11.1. The van der Waals surface area contributed by atoms with Gasteiger partial charge in [0.2, 0.25) is 0 Å². The topological polar surface area (TPSA) is 23.8 Å². The number of thioether (sulfide) groups is 1. The number of halogens is 1. The molecule has 0 amide bonds. The molecule has 1 nitrogen and oxygen atoms in total. The van der Waals surface area contributed by atoms with Gasteiger partial charge in [0, 0.05) is 11.3 Å². The predicted octanol–water partition coefficient (Wildman–Crippen LogP) is 3.61. The van der Waals surface area contributed by atoms with Gasteiger partial charge < -0.3 is 0 Å². The van der Waals surface area contributed by atoms with E-state index in [4.69, 9.17) is 5.26 Å². The fourth-order valence-corrected chi connectivity index (χ4v) is 2.00. The van der Waals surface area contributed by atoms with E-state index < -0.39 is 0 Å². The Kier molecular flexibility index (Phi) is 5.09. The van der Waals surface area contributed by atoms with Crippen molar-refractivity contribution in [2.45, 2.75) is 24.2 Å². The molecule has 0 bridgehead atoms. The molecule has 0 saturated carbocycles. The SMILES string of the molecule is N#CCCCCSc1ccccc1F. The number of nitriles is 1. The summed E-state index contributed by atoms with van der Waals surface area (Å²) in [7, 11) is 0. The molecule has 14 heavy (non-hydrogen) atoms. The second-order valence-corrected chi connectivity index (χ2v) is 4.03. The van der Waals surface area contributed by atoms with Crippen molar-refractivity contribution < 1.29 is 4.39 Å². The summed E-state index contributed by atoms with van der Waals surface area (Å²) in [5.74, 6) is 0.723. The predicted molar refractivity (Wildman–Crippen MR) is 56.6 cm³/mol. The van der Waals surface area contributed by atoms with Crippen LogP contribution in [0.15, 0.2) is 29.2 Å². The van der Waals surface area contributed by atoms with Crippen molar-refractivity contribution in [2.24, 2.45) is 0 Å². The van der Waals surface area contributed by atoms with E-state index in [0.717, 1.165) is 18.6 Å². The Balaban J connectivity index is 2.25. The smallest absolute Gasteiger partial charge is 0.136 e. The van der Waals surface area contributed by atoms with E-state index in [1.807, 2.05) is 6.07 Å². The van der Waals surface area contributed by atoms with Crippen LogP contribution in [0.3, 0.4) is 0 Å². The summed E-state index contributed by atoms with van der Waals surface area (Å²) in [6.07, 6.45) is 2.46. The molecule has 1 aromatic carbocycles. The van der Waals surface area contributed by atoms with Crippen LogP contribution >= 0.6 is 11.8 Å². The summed E-state index contributed by atoms with van der Waals surface area (Å²) >= 11 is 1.51. The summed E-state index contributed by atoms with van der Waals surface area (Å²) in [4.78, 5) is 0.699. The van der Waals surface area contributed by atoms with Gasteiger partial charge in [0.05, 0.1) is 6.07 Å². The van der Waals surface area contributed by atoms with Crippen molar-refractivity contribution in [1.82, 2.24) is 0 Å². The van der Waals surface area contributed by atoms with Crippen LogP contribution in [0, 0.1) is 17.1 Å². The zero-order valence-corrected chi connectivity index (χ0v) is 8.69. The average molecular weight is 209 g/mol. The summed E-state index contributed by atoms with van der Waals surface area (Å²) in [6.45, 7) is 0. The fraction of sp³-hybridized carbons (Fsp3) is 0.364.